The van der Waals surface area contributed by atoms with Gasteiger partial charge in [0.05, 0.1) is 17.4 Å². The van der Waals surface area contributed by atoms with Gasteiger partial charge >= 0.3 is 0 Å². The van der Waals surface area contributed by atoms with Crippen LogP contribution in [0.5, 0.6) is 11.5 Å². The number of aryl methyl sites for hydroxylation is 1. The van der Waals surface area contributed by atoms with Crippen LogP contribution in [0.2, 0.25) is 0 Å². The summed E-state index contributed by atoms with van der Waals surface area (Å²) in [5.74, 6) is 1.05. The first kappa shape index (κ1) is 16.0. The zero-order valence-electron chi connectivity index (χ0n) is 14.2. The van der Waals surface area contributed by atoms with Crippen LogP contribution in [-0.2, 0) is 0 Å². The molecule has 2 aromatic carbocycles. The lowest BCUT2D eigenvalue weighted by Crippen LogP contribution is -2.12. The molecule has 0 fully saturated rings. The molecular weight excluding hydrogens is 330 g/mol. The number of hydrogen-bond acceptors (Lipinski definition) is 5. The van der Waals surface area contributed by atoms with Crippen molar-refractivity contribution in [2.45, 2.75) is 6.92 Å². The second kappa shape index (κ2) is 6.76. The molecule has 0 atom stereocenters. The van der Waals surface area contributed by atoms with E-state index in [9.17, 15) is 4.79 Å². The van der Waals surface area contributed by atoms with E-state index >= 15 is 0 Å². The average Bonchev–Trinajstić information content (AvgIpc) is 3.10. The fraction of sp³-hybridized carbons (Fsp3) is 0.100. The Balaban J connectivity index is 1.49. The van der Waals surface area contributed by atoms with Gasteiger partial charge in [-0.15, -0.1) is 0 Å². The molecular formula is C20H17N3O3. The lowest BCUT2D eigenvalue weighted by molar-refractivity contribution is 0.102. The summed E-state index contributed by atoms with van der Waals surface area (Å²) in [5.41, 5.74) is 3.94. The van der Waals surface area contributed by atoms with E-state index in [0.29, 0.717) is 22.7 Å². The molecule has 0 aliphatic carbocycles. The molecule has 6 nitrogen and oxygen atoms in total. The van der Waals surface area contributed by atoms with Crippen molar-refractivity contribution in [3.8, 4) is 11.5 Å². The van der Waals surface area contributed by atoms with Gasteiger partial charge < -0.3 is 20.1 Å². The molecule has 0 saturated carbocycles. The van der Waals surface area contributed by atoms with Crippen LogP contribution in [-0.4, -0.2) is 17.7 Å². The Morgan fingerprint density at radius 2 is 1.85 bits per heavy atom. The van der Waals surface area contributed by atoms with Crippen molar-refractivity contribution >= 4 is 23.0 Å². The average molecular weight is 347 g/mol. The largest absolute Gasteiger partial charge is 0.454 e. The number of fused-ring (bicyclic) bond motifs is 1. The molecule has 1 aromatic heterocycles. The highest BCUT2D eigenvalue weighted by Gasteiger charge is 2.15. The van der Waals surface area contributed by atoms with Gasteiger partial charge in [0, 0.05) is 23.6 Å². The van der Waals surface area contributed by atoms with Crippen molar-refractivity contribution in [3.63, 3.8) is 0 Å². The molecule has 26 heavy (non-hydrogen) atoms. The minimum atomic E-state index is -0.246. The normalized spacial score (nSPS) is 11.9. The molecule has 1 aliphatic rings. The van der Waals surface area contributed by atoms with Crippen molar-refractivity contribution in [3.05, 3.63) is 72.1 Å². The number of pyridine rings is 1. The number of nitrogens with zero attached hydrogens (tertiary/aromatic N) is 1. The second-order valence-electron chi connectivity index (χ2n) is 5.98. The number of aromatic nitrogens is 1. The predicted molar refractivity (Wildman–Crippen MR) is 99.2 cm³/mol. The van der Waals surface area contributed by atoms with E-state index in [1.54, 1.807) is 30.5 Å². The van der Waals surface area contributed by atoms with Crippen LogP contribution in [0, 0.1) is 6.92 Å². The zero-order chi connectivity index (χ0) is 17.9. The molecule has 0 radical (unpaired) electrons. The minimum absolute atomic E-state index is 0.198. The quantitative estimate of drug-likeness (QED) is 0.743. The summed E-state index contributed by atoms with van der Waals surface area (Å²) in [5, 5.41) is 6.10. The first-order valence-electron chi connectivity index (χ1n) is 8.17. The predicted octanol–water partition coefficient (Wildman–Crippen LogP) is 4.11. The molecule has 0 unspecified atom stereocenters. The van der Waals surface area contributed by atoms with Gasteiger partial charge in [0.25, 0.3) is 5.91 Å². The highest BCUT2D eigenvalue weighted by molar-refractivity contribution is 6.04. The monoisotopic (exact) mass is 347 g/mol. The molecule has 1 aliphatic heterocycles. The third-order valence-electron chi connectivity index (χ3n) is 3.94. The van der Waals surface area contributed by atoms with E-state index in [1.165, 1.54) is 6.20 Å². The van der Waals surface area contributed by atoms with Crippen LogP contribution < -0.4 is 20.1 Å². The summed E-state index contributed by atoms with van der Waals surface area (Å²) in [6.45, 7) is 2.22. The van der Waals surface area contributed by atoms with E-state index in [4.69, 9.17) is 9.47 Å². The third-order valence-corrected chi connectivity index (χ3v) is 3.94. The number of amides is 1. The van der Waals surface area contributed by atoms with Gasteiger partial charge in [-0.2, -0.15) is 0 Å². The summed E-state index contributed by atoms with van der Waals surface area (Å²) < 4.78 is 10.6. The van der Waals surface area contributed by atoms with E-state index in [2.05, 4.69) is 15.6 Å². The van der Waals surface area contributed by atoms with Crippen molar-refractivity contribution in [1.29, 1.82) is 0 Å². The maximum Gasteiger partial charge on any atom is 0.257 e. The summed E-state index contributed by atoms with van der Waals surface area (Å²) in [7, 11) is 0. The number of anilines is 3. The summed E-state index contributed by atoms with van der Waals surface area (Å²) in [6.07, 6.45) is 3.21. The van der Waals surface area contributed by atoms with Crippen molar-refractivity contribution in [2.75, 3.05) is 17.4 Å². The first-order valence-corrected chi connectivity index (χ1v) is 8.17. The van der Waals surface area contributed by atoms with Crippen molar-refractivity contribution < 1.29 is 14.3 Å². The number of ether oxygens (including phenoxy) is 2. The van der Waals surface area contributed by atoms with Gasteiger partial charge in [0.1, 0.15) is 0 Å². The molecule has 2 heterocycles. The van der Waals surface area contributed by atoms with Crippen LogP contribution in [0.4, 0.5) is 17.1 Å². The fourth-order valence-electron chi connectivity index (χ4n) is 2.70. The van der Waals surface area contributed by atoms with E-state index in [-0.39, 0.29) is 12.7 Å². The molecule has 6 heteroatoms. The summed E-state index contributed by atoms with van der Waals surface area (Å²) in [4.78, 5) is 16.7. The Morgan fingerprint density at radius 3 is 2.73 bits per heavy atom. The smallest absolute Gasteiger partial charge is 0.257 e. The molecule has 130 valence electrons. The van der Waals surface area contributed by atoms with E-state index in [0.717, 1.165) is 16.9 Å². The van der Waals surface area contributed by atoms with Crippen LogP contribution >= 0.6 is 0 Å². The Labute approximate surface area is 150 Å². The molecule has 0 spiro atoms. The highest BCUT2D eigenvalue weighted by Crippen LogP contribution is 2.34. The number of rotatable bonds is 4. The number of carbonyl (C=O) groups is 1. The number of nitrogens with one attached hydrogen (secondary N) is 2. The number of hydrogen-bond donors (Lipinski definition) is 2. The van der Waals surface area contributed by atoms with E-state index in [1.807, 2.05) is 31.2 Å². The molecule has 0 bridgehead atoms. The maximum absolute atomic E-state index is 12.5. The fourth-order valence-corrected chi connectivity index (χ4v) is 2.70. The van der Waals surface area contributed by atoms with Crippen LogP contribution in [0.15, 0.2) is 60.9 Å². The van der Waals surface area contributed by atoms with Crippen LogP contribution in [0.25, 0.3) is 0 Å². The lowest BCUT2D eigenvalue weighted by atomic mass is 10.2. The van der Waals surface area contributed by atoms with Gasteiger partial charge in [-0.3, -0.25) is 9.78 Å². The maximum atomic E-state index is 12.5. The molecule has 2 N–H and O–H groups in total. The molecule has 4 rings (SSSR count). The Hall–Kier alpha value is -3.54. The first-order chi connectivity index (χ1) is 12.7. The van der Waals surface area contributed by atoms with Crippen LogP contribution in [0.3, 0.4) is 0 Å². The Morgan fingerprint density at radius 1 is 0.962 bits per heavy atom. The summed E-state index contributed by atoms with van der Waals surface area (Å²) >= 11 is 0. The molecule has 3 aromatic rings. The highest BCUT2D eigenvalue weighted by atomic mass is 16.7. The summed E-state index contributed by atoms with van der Waals surface area (Å²) in [6, 6.07) is 15.0. The topological polar surface area (TPSA) is 72.5 Å². The molecule has 1 amide bonds. The van der Waals surface area contributed by atoms with Gasteiger partial charge in [-0.1, -0.05) is 12.1 Å². The van der Waals surface area contributed by atoms with Gasteiger partial charge in [-0.05, 0) is 42.8 Å². The molecule has 0 saturated heterocycles. The standard InChI is InChI=1S/C20H17N3O3/c1-13-3-2-4-15(7-13)22-17-8-14(10-21-11-17)20(24)23-16-5-6-18-19(9-16)26-12-25-18/h2-11,22H,12H2,1H3,(H,23,24). The van der Waals surface area contributed by atoms with Gasteiger partial charge in [0.2, 0.25) is 6.79 Å². The Kier molecular flexibility index (Phi) is 4.15. The van der Waals surface area contributed by atoms with Crippen molar-refractivity contribution in [2.24, 2.45) is 0 Å². The lowest BCUT2D eigenvalue weighted by Gasteiger charge is -2.09. The van der Waals surface area contributed by atoms with Crippen molar-refractivity contribution in [1.82, 2.24) is 4.98 Å². The van der Waals surface area contributed by atoms with Gasteiger partial charge in [0.15, 0.2) is 11.5 Å². The van der Waals surface area contributed by atoms with Crippen LogP contribution in [0.1, 0.15) is 15.9 Å². The number of carbonyl (C=O) groups excluding carboxylic acids is 1. The minimum Gasteiger partial charge on any atom is -0.454 e. The number of benzene rings is 2. The Bertz CT molecular complexity index is 972. The van der Waals surface area contributed by atoms with Gasteiger partial charge in [-0.25, -0.2) is 0 Å². The third kappa shape index (κ3) is 3.44. The second-order valence-corrected chi connectivity index (χ2v) is 5.98. The SMILES string of the molecule is Cc1cccc(Nc2cncc(C(=O)Nc3ccc4c(c3)OCO4)c2)c1. The zero-order valence-corrected chi connectivity index (χ0v) is 14.2. The van der Waals surface area contributed by atoms with E-state index < -0.39 is 0 Å².